The summed E-state index contributed by atoms with van der Waals surface area (Å²) >= 11 is 0. The average molecular weight is 360 g/mol. The Bertz CT molecular complexity index is 1010. The normalized spacial score (nSPS) is 11.1. The van der Waals surface area contributed by atoms with Crippen LogP contribution in [0.25, 0.3) is 0 Å². The van der Waals surface area contributed by atoms with Gasteiger partial charge in [0.25, 0.3) is 0 Å². The molecule has 0 unspecified atom stereocenters. The van der Waals surface area contributed by atoms with Crippen molar-refractivity contribution in [1.29, 1.82) is 0 Å². The lowest BCUT2D eigenvalue weighted by Gasteiger charge is -2.10. The third kappa shape index (κ3) is 4.04. The van der Waals surface area contributed by atoms with Crippen molar-refractivity contribution in [2.75, 3.05) is 16.9 Å². The van der Waals surface area contributed by atoms with Crippen LogP contribution in [0.3, 0.4) is 0 Å². The molecule has 10 heteroatoms. The lowest BCUT2D eigenvalue weighted by atomic mass is 10.4. The molecule has 0 fully saturated rings. The number of halogens is 1. The first-order chi connectivity index (χ1) is 11.9. The van der Waals surface area contributed by atoms with Crippen LogP contribution in [0.2, 0.25) is 0 Å². The molecule has 0 aliphatic rings. The highest BCUT2D eigenvalue weighted by atomic mass is 32.2. The SMILES string of the molecule is CS(=O)(=O)c1cccnc1Nc1cc(Nc2ncccc2F)ncn1. The predicted octanol–water partition coefficient (Wildman–Crippen LogP) is 2.30. The smallest absolute Gasteiger partial charge is 0.179 e. The van der Waals surface area contributed by atoms with Gasteiger partial charge in [-0.3, -0.25) is 0 Å². The van der Waals surface area contributed by atoms with E-state index in [0.717, 1.165) is 6.26 Å². The standard InChI is InChI=1S/C15H13FN6O2S/c1-25(23,24)11-5-3-7-18-15(11)22-13-8-12(19-9-20-13)21-14-10(16)4-2-6-17-14/h2-9H,1H3,(H2,17,18,19,20,21,22). The van der Waals surface area contributed by atoms with Gasteiger partial charge in [-0.15, -0.1) is 0 Å². The quantitative estimate of drug-likeness (QED) is 0.713. The molecule has 0 spiro atoms. The van der Waals surface area contributed by atoms with Crippen LogP contribution in [0, 0.1) is 5.82 Å². The Hall–Kier alpha value is -3.14. The van der Waals surface area contributed by atoms with E-state index in [1.807, 2.05) is 0 Å². The number of aromatic nitrogens is 4. The second-order valence-electron chi connectivity index (χ2n) is 4.99. The molecular formula is C15H13FN6O2S. The highest BCUT2D eigenvalue weighted by Gasteiger charge is 2.14. The van der Waals surface area contributed by atoms with Gasteiger partial charge in [-0.25, -0.2) is 32.7 Å². The Labute approximate surface area is 143 Å². The van der Waals surface area contributed by atoms with Gasteiger partial charge in [0.1, 0.15) is 28.7 Å². The van der Waals surface area contributed by atoms with Gasteiger partial charge in [-0.05, 0) is 24.3 Å². The Balaban J connectivity index is 1.88. The molecule has 2 N–H and O–H groups in total. The van der Waals surface area contributed by atoms with Crippen LogP contribution in [0.15, 0.2) is 53.9 Å². The summed E-state index contributed by atoms with van der Waals surface area (Å²) in [4.78, 5) is 15.9. The Morgan fingerprint density at radius 2 is 1.52 bits per heavy atom. The molecule has 0 bridgehead atoms. The second-order valence-corrected chi connectivity index (χ2v) is 6.98. The van der Waals surface area contributed by atoms with E-state index in [9.17, 15) is 12.8 Å². The molecule has 0 aliphatic carbocycles. The van der Waals surface area contributed by atoms with Crippen molar-refractivity contribution in [3.63, 3.8) is 0 Å². The number of nitrogens with zero attached hydrogens (tertiary/aromatic N) is 4. The maximum absolute atomic E-state index is 13.6. The number of pyridine rings is 2. The molecule has 3 rings (SSSR count). The van der Waals surface area contributed by atoms with Gasteiger partial charge in [0.15, 0.2) is 21.5 Å². The van der Waals surface area contributed by atoms with Gasteiger partial charge in [0.05, 0.1) is 0 Å². The molecule has 0 radical (unpaired) electrons. The van der Waals surface area contributed by atoms with Gasteiger partial charge in [0, 0.05) is 24.7 Å². The van der Waals surface area contributed by atoms with E-state index >= 15 is 0 Å². The molecule has 8 nitrogen and oxygen atoms in total. The van der Waals surface area contributed by atoms with Crippen LogP contribution in [0.5, 0.6) is 0 Å². The predicted molar refractivity (Wildman–Crippen MR) is 90.1 cm³/mol. The molecule has 0 saturated carbocycles. The highest BCUT2D eigenvalue weighted by molar-refractivity contribution is 7.90. The number of anilines is 4. The van der Waals surface area contributed by atoms with Crippen LogP contribution in [0.4, 0.5) is 27.7 Å². The molecule has 3 aromatic heterocycles. The molecule has 0 amide bonds. The summed E-state index contributed by atoms with van der Waals surface area (Å²) in [5.41, 5.74) is 0. The largest absolute Gasteiger partial charge is 0.324 e. The summed E-state index contributed by atoms with van der Waals surface area (Å²) in [6, 6.07) is 7.19. The average Bonchev–Trinajstić information content (AvgIpc) is 2.57. The summed E-state index contributed by atoms with van der Waals surface area (Å²) in [6.45, 7) is 0. The second kappa shape index (κ2) is 6.77. The molecule has 25 heavy (non-hydrogen) atoms. The van der Waals surface area contributed by atoms with E-state index in [1.54, 1.807) is 0 Å². The van der Waals surface area contributed by atoms with Gasteiger partial charge in [0.2, 0.25) is 0 Å². The van der Waals surface area contributed by atoms with E-state index in [0.29, 0.717) is 0 Å². The fourth-order valence-corrected chi connectivity index (χ4v) is 2.78. The minimum Gasteiger partial charge on any atom is -0.324 e. The van der Waals surface area contributed by atoms with E-state index in [1.165, 1.54) is 49.1 Å². The topological polar surface area (TPSA) is 110 Å². The van der Waals surface area contributed by atoms with E-state index < -0.39 is 15.7 Å². The summed E-state index contributed by atoms with van der Waals surface area (Å²) in [6.07, 6.45) is 5.24. The number of hydrogen-bond acceptors (Lipinski definition) is 8. The van der Waals surface area contributed by atoms with Crippen LogP contribution in [-0.2, 0) is 9.84 Å². The van der Waals surface area contributed by atoms with Crippen molar-refractivity contribution in [3.8, 4) is 0 Å². The third-order valence-corrected chi connectivity index (χ3v) is 4.22. The zero-order valence-electron chi connectivity index (χ0n) is 13.0. The van der Waals surface area contributed by atoms with E-state index in [2.05, 4.69) is 30.6 Å². The first-order valence-electron chi connectivity index (χ1n) is 7.05. The molecule has 3 heterocycles. The molecule has 0 atom stereocenters. The van der Waals surface area contributed by atoms with Crippen molar-refractivity contribution < 1.29 is 12.8 Å². The fourth-order valence-electron chi connectivity index (χ4n) is 2.00. The number of nitrogens with one attached hydrogen (secondary N) is 2. The maximum Gasteiger partial charge on any atom is 0.179 e. The van der Waals surface area contributed by atoms with E-state index in [4.69, 9.17) is 0 Å². The Morgan fingerprint density at radius 1 is 0.920 bits per heavy atom. The zero-order chi connectivity index (χ0) is 17.9. The summed E-state index contributed by atoms with van der Waals surface area (Å²) < 4.78 is 37.3. The van der Waals surface area contributed by atoms with Gasteiger partial charge in [-0.2, -0.15) is 0 Å². The fraction of sp³-hybridized carbons (Fsp3) is 0.0667. The molecule has 3 aromatic rings. The lowest BCUT2D eigenvalue weighted by molar-refractivity contribution is 0.602. The number of sulfone groups is 1. The van der Waals surface area contributed by atoms with Crippen LogP contribution in [0.1, 0.15) is 0 Å². The molecule has 0 saturated heterocycles. The Morgan fingerprint density at radius 3 is 2.16 bits per heavy atom. The van der Waals surface area contributed by atoms with Gasteiger partial charge in [-0.1, -0.05) is 0 Å². The molecule has 0 aliphatic heterocycles. The summed E-state index contributed by atoms with van der Waals surface area (Å²) in [7, 11) is -3.46. The van der Waals surface area contributed by atoms with E-state index in [-0.39, 0.29) is 28.2 Å². The lowest BCUT2D eigenvalue weighted by Crippen LogP contribution is -2.06. The molecular weight excluding hydrogens is 347 g/mol. The first-order valence-corrected chi connectivity index (χ1v) is 8.94. The van der Waals surface area contributed by atoms with Crippen molar-refractivity contribution in [3.05, 3.63) is 54.9 Å². The van der Waals surface area contributed by atoms with Crippen LogP contribution < -0.4 is 10.6 Å². The number of rotatable bonds is 5. The van der Waals surface area contributed by atoms with Crippen molar-refractivity contribution in [2.24, 2.45) is 0 Å². The van der Waals surface area contributed by atoms with Gasteiger partial charge >= 0.3 is 0 Å². The van der Waals surface area contributed by atoms with Crippen molar-refractivity contribution >= 4 is 33.1 Å². The minimum atomic E-state index is -3.46. The minimum absolute atomic E-state index is 0.0156. The van der Waals surface area contributed by atoms with Crippen LogP contribution >= 0.6 is 0 Å². The Kier molecular flexibility index (Phi) is 4.52. The summed E-state index contributed by atoms with van der Waals surface area (Å²) in [5, 5.41) is 5.55. The van der Waals surface area contributed by atoms with Crippen molar-refractivity contribution in [1.82, 2.24) is 19.9 Å². The van der Waals surface area contributed by atoms with Gasteiger partial charge < -0.3 is 10.6 Å². The molecule has 128 valence electrons. The monoisotopic (exact) mass is 360 g/mol. The highest BCUT2D eigenvalue weighted by Crippen LogP contribution is 2.23. The third-order valence-electron chi connectivity index (χ3n) is 3.09. The number of hydrogen-bond donors (Lipinski definition) is 2. The van der Waals surface area contributed by atoms with Crippen molar-refractivity contribution in [2.45, 2.75) is 4.90 Å². The van der Waals surface area contributed by atoms with Crippen LogP contribution in [-0.4, -0.2) is 34.6 Å². The molecule has 0 aromatic carbocycles. The summed E-state index contributed by atoms with van der Waals surface area (Å²) in [5.74, 6) is 0.199. The first kappa shape index (κ1) is 16.7. The zero-order valence-corrected chi connectivity index (χ0v) is 13.8. The maximum atomic E-state index is 13.6.